The number of nitrogens with zero attached hydrogens (tertiary/aromatic N) is 2. The molecule has 0 aliphatic carbocycles. The van der Waals surface area contributed by atoms with Gasteiger partial charge in [0.05, 0.1) is 28.0 Å². The first-order chi connectivity index (χ1) is 14.9. The summed E-state index contributed by atoms with van der Waals surface area (Å²) < 4.78 is 11.6. The molecule has 2 aliphatic heterocycles. The van der Waals surface area contributed by atoms with Gasteiger partial charge < -0.3 is 14.1 Å². The van der Waals surface area contributed by atoms with Gasteiger partial charge >= 0.3 is 0 Å². The van der Waals surface area contributed by atoms with Crippen molar-refractivity contribution in [2.45, 2.75) is 25.0 Å². The molecule has 3 aromatic rings. The molecular formula is C22H17ClN2O6. The van der Waals surface area contributed by atoms with Gasteiger partial charge in [0.1, 0.15) is 5.58 Å². The molecule has 2 aliphatic rings. The van der Waals surface area contributed by atoms with Crippen molar-refractivity contribution in [1.29, 1.82) is 0 Å². The molecule has 1 amide bonds. The Morgan fingerprint density at radius 2 is 1.94 bits per heavy atom. The first-order valence-corrected chi connectivity index (χ1v) is 10.2. The molecular weight excluding hydrogens is 424 g/mol. The summed E-state index contributed by atoms with van der Waals surface area (Å²) in [6, 6.07) is 9.80. The zero-order chi connectivity index (χ0) is 21.7. The van der Waals surface area contributed by atoms with E-state index in [-0.39, 0.29) is 39.5 Å². The number of non-ortho nitro benzene ring substituents is 1. The highest BCUT2D eigenvalue weighted by Crippen LogP contribution is 2.39. The standard InChI is InChI=1S/C22H17ClN2O6/c23-13-5-8-17-16(10-13)20(26)18-19(12-3-6-14(7-4-12)25(28)29)24(22(27)21(18)31-17)11-15-2-1-9-30-15/h3-8,10,15,19H,1-2,9,11H2. The van der Waals surface area contributed by atoms with Crippen LogP contribution < -0.4 is 5.43 Å². The summed E-state index contributed by atoms with van der Waals surface area (Å²) >= 11 is 6.07. The van der Waals surface area contributed by atoms with Crippen LogP contribution in [0.2, 0.25) is 5.02 Å². The van der Waals surface area contributed by atoms with Crippen molar-refractivity contribution in [2.24, 2.45) is 0 Å². The molecule has 0 saturated carbocycles. The Labute approximate surface area is 181 Å². The van der Waals surface area contributed by atoms with Crippen LogP contribution in [0.5, 0.6) is 0 Å². The van der Waals surface area contributed by atoms with E-state index in [4.69, 9.17) is 20.8 Å². The smallest absolute Gasteiger partial charge is 0.291 e. The molecule has 1 saturated heterocycles. The van der Waals surface area contributed by atoms with Crippen LogP contribution in [0, 0.1) is 10.1 Å². The first kappa shape index (κ1) is 19.7. The molecule has 9 heteroatoms. The molecule has 1 fully saturated rings. The van der Waals surface area contributed by atoms with Gasteiger partial charge in [0.25, 0.3) is 11.6 Å². The summed E-state index contributed by atoms with van der Waals surface area (Å²) in [5, 5.41) is 11.7. The zero-order valence-corrected chi connectivity index (χ0v) is 17.0. The number of hydrogen-bond donors (Lipinski definition) is 0. The first-order valence-electron chi connectivity index (χ1n) is 9.87. The van der Waals surface area contributed by atoms with E-state index in [0.29, 0.717) is 23.7 Å². The monoisotopic (exact) mass is 440 g/mol. The maximum atomic E-state index is 13.4. The van der Waals surface area contributed by atoms with Gasteiger partial charge in [-0.3, -0.25) is 19.7 Å². The average Bonchev–Trinajstić information content (AvgIpc) is 3.36. The fourth-order valence-corrected chi connectivity index (χ4v) is 4.49. The number of benzene rings is 2. The topological polar surface area (TPSA) is 103 Å². The van der Waals surface area contributed by atoms with Crippen LogP contribution in [-0.4, -0.2) is 35.0 Å². The Bertz CT molecular complexity index is 1260. The third kappa shape index (κ3) is 3.28. The van der Waals surface area contributed by atoms with Gasteiger partial charge in [-0.15, -0.1) is 0 Å². The minimum Gasteiger partial charge on any atom is -0.450 e. The van der Waals surface area contributed by atoms with E-state index in [9.17, 15) is 19.7 Å². The molecule has 0 bridgehead atoms. The summed E-state index contributed by atoms with van der Waals surface area (Å²) in [6.45, 7) is 0.919. The van der Waals surface area contributed by atoms with Crippen LogP contribution in [0.4, 0.5) is 5.69 Å². The number of nitro benzene ring substituents is 1. The molecule has 5 rings (SSSR count). The van der Waals surface area contributed by atoms with E-state index in [1.165, 1.54) is 18.2 Å². The number of halogens is 1. The van der Waals surface area contributed by atoms with E-state index in [2.05, 4.69) is 0 Å². The van der Waals surface area contributed by atoms with Gasteiger partial charge in [-0.25, -0.2) is 0 Å². The van der Waals surface area contributed by atoms with Gasteiger partial charge in [0, 0.05) is 30.3 Å². The second-order valence-electron chi connectivity index (χ2n) is 7.66. The van der Waals surface area contributed by atoms with Crippen LogP contribution >= 0.6 is 11.6 Å². The Morgan fingerprint density at radius 1 is 1.16 bits per heavy atom. The summed E-state index contributed by atoms with van der Waals surface area (Å²) in [5.41, 5.74) is 0.667. The highest BCUT2D eigenvalue weighted by molar-refractivity contribution is 6.31. The predicted octanol–water partition coefficient (Wildman–Crippen LogP) is 4.08. The lowest BCUT2D eigenvalue weighted by atomic mass is 9.98. The van der Waals surface area contributed by atoms with E-state index < -0.39 is 16.9 Å². The molecule has 2 aromatic carbocycles. The maximum absolute atomic E-state index is 13.4. The Balaban J connectivity index is 1.69. The zero-order valence-electron chi connectivity index (χ0n) is 16.2. The lowest BCUT2D eigenvalue weighted by Gasteiger charge is -2.27. The minimum absolute atomic E-state index is 0.0128. The fourth-order valence-electron chi connectivity index (χ4n) is 4.31. The summed E-state index contributed by atoms with van der Waals surface area (Å²) in [5.74, 6) is -0.413. The number of amides is 1. The van der Waals surface area contributed by atoms with Crippen molar-refractivity contribution in [3.8, 4) is 0 Å². The number of fused-ring (bicyclic) bond motifs is 2. The molecule has 158 valence electrons. The van der Waals surface area contributed by atoms with Crippen molar-refractivity contribution in [3.05, 3.63) is 84.7 Å². The summed E-state index contributed by atoms with van der Waals surface area (Å²) in [4.78, 5) is 38.9. The third-order valence-electron chi connectivity index (χ3n) is 5.77. The largest absolute Gasteiger partial charge is 0.450 e. The van der Waals surface area contributed by atoms with E-state index in [0.717, 1.165) is 12.8 Å². The van der Waals surface area contributed by atoms with E-state index >= 15 is 0 Å². The lowest BCUT2D eigenvalue weighted by Crippen LogP contribution is -2.36. The second kappa shape index (κ2) is 7.47. The molecule has 31 heavy (non-hydrogen) atoms. The number of hydrogen-bond acceptors (Lipinski definition) is 6. The Kier molecular flexibility index (Phi) is 4.75. The summed E-state index contributed by atoms with van der Waals surface area (Å²) in [7, 11) is 0. The fraction of sp³-hybridized carbons (Fsp3) is 0.273. The number of carbonyl (C=O) groups is 1. The van der Waals surface area contributed by atoms with Crippen LogP contribution in [-0.2, 0) is 4.74 Å². The maximum Gasteiger partial charge on any atom is 0.291 e. The van der Waals surface area contributed by atoms with Crippen molar-refractivity contribution >= 4 is 34.2 Å². The van der Waals surface area contributed by atoms with Gasteiger partial charge in [-0.05, 0) is 48.7 Å². The SMILES string of the molecule is O=C1c2oc3ccc(Cl)cc3c(=O)c2C(c2ccc([N+](=O)[O-])cc2)N1CC1CCCO1. The second-order valence-corrected chi connectivity index (χ2v) is 8.09. The quantitative estimate of drug-likeness (QED) is 0.447. The highest BCUT2D eigenvalue weighted by Gasteiger charge is 2.44. The van der Waals surface area contributed by atoms with Crippen LogP contribution in [0.1, 0.15) is 40.6 Å². The molecule has 0 spiro atoms. The molecule has 1 aromatic heterocycles. The van der Waals surface area contributed by atoms with Gasteiger partial charge in [-0.2, -0.15) is 0 Å². The predicted molar refractivity (Wildman–Crippen MR) is 112 cm³/mol. The third-order valence-corrected chi connectivity index (χ3v) is 6.01. The van der Waals surface area contributed by atoms with Crippen molar-refractivity contribution in [1.82, 2.24) is 4.90 Å². The molecule has 3 heterocycles. The normalized spacial score (nSPS) is 20.4. The Hall–Kier alpha value is -3.23. The van der Waals surface area contributed by atoms with Gasteiger partial charge in [0.15, 0.2) is 5.43 Å². The lowest BCUT2D eigenvalue weighted by molar-refractivity contribution is -0.384. The highest BCUT2D eigenvalue weighted by atomic mass is 35.5. The van der Waals surface area contributed by atoms with E-state index in [1.54, 1.807) is 29.2 Å². The van der Waals surface area contributed by atoms with Crippen molar-refractivity contribution < 1.29 is 18.9 Å². The van der Waals surface area contributed by atoms with Crippen molar-refractivity contribution in [2.75, 3.05) is 13.2 Å². The number of nitro groups is 1. The van der Waals surface area contributed by atoms with Gasteiger partial charge in [0.2, 0.25) is 5.76 Å². The van der Waals surface area contributed by atoms with Crippen LogP contribution in [0.3, 0.4) is 0 Å². The van der Waals surface area contributed by atoms with Crippen molar-refractivity contribution in [3.63, 3.8) is 0 Å². The number of ether oxygens (including phenoxy) is 1. The molecule has 0 N–H and O–H groups in total. The molecule has 8 nitrogen and oxygen atoms in total. The molecule has 0 radical (unpaired) electrons. The average molecular weight is 441 g/mol. The minimum atomic E-state index is -0.730. The number of carbonyl (C=O) groups excluding carboxylic acids is 1. The van der Waals surface area contributed by atoms with Crippen LogP contribution in [0.15, 0.2) is 51.7 Å². The number of rotatable bonds is 4. The Morgan fingerprint density at radius 3 is 2.61 bits per heavy atom. The van der Waals surface area contributed by atoms with Gasteiger partial charge in [-0.1, -0.05) is 11.6 Å². The summed E-state index contributed by atoms with van der Waals surface area (Å²) in [6.07, 6.45) is 1.57. The van der Waals surface area contributed by atoms with Crippen LogP contribution in [0.25, 0.3) is 11.0 Å². The van der Waals surface area contributed by atoms with E-state index in [1.807, 2.05) is 0 Å². The molecule has 2 unspecified atom stereocenters. The molecule has 2 atom stereocenters.